The number of nitrogens with two attached hydrogens (primary N) is 1. The van der Waals surface area contributed by atoms with Crippen molar-refractivity contribution in [3.8, 4) is 5.75 Å². The summed E-state index contributed by atoms with van der Waals surface area (Å²) >= 11 is 0. The minimum Gasteiger partial charge on any atom is -0.497 e. The molecule has 4 nitrogen and oxygen atoms in total. The summed E-state index contributed by atoms with van der Waals surface area (Å²) in [4.78, 5) is 11.7. The first kappa shape index (κ1) is 13.5. The van der Waals surface area contributed by atoms with Gasteiger partial charge in [0.25, 0.3) is 0 Å². The van der Waals surface area contributed by atoms with Crippen molar-refractivity contribution in [1.29, 1.82) is 0 Å². The van der Waals surface area contributed by atoms with Crippen LogP contribution in [-0.2, 0) is 4.79 Å². The number of anilines is 1. The third-order valence-electron chi connectivity index (χ3n) is 2.35. The number of hydrogen-bond acceptors (Lipinski definition) is 3. The molecule has 0 saturated carbocycles. The quantitative estimate of drug-likeness (QED) is 0.823. The number of amides is 1. The SMILES string of the molecule is COc1cccc(NC(=O)CCC(C)(C)N)c1. The maximum absolute atomic E-state index is 11.7. The Labute approximate surface area is 102 Å². The third kappa shape index (κ3) is 5.36. The van der Waals surface area contributed by atoms with Gasteiger partial charge in [0.1, 0.15) is 5.75 Å². The van der Waals surface area contributed by atoms with Crippen LogP contribution < -0.4 is 15.8 Å². The minimum absolute atomic E-state index is 0.0308. The first-order valence-electron chi connectivity index (χ1n) is 5.63. The highest BCUT2D eigenvalue weighted by Gasteiger charge is 2.13. The molecule has 1 amide bonds. The summed E-state index contributed by atoms with van der Waals surface area (Å²) in [5, 5.41) is 2.81. The van der Waals surface area contributed by atoms with Crippen LogP contribution in [0.3, 0.4) is 0 Å². The number of benzene rings is 1. The first-order valence-corrected chi connectivity index (χ1v) is 5.63. The van der Waals surface area contributed by atoms with Gasteiger partial charge in [0, 0.05) is 23.7 Å². The van der Waals surface area contributed by atoms with Gasteiger partial charge in [0.05, 0.1) is 7.11 Å². The molecule has 0 fully saturated rings. The predicted octanol–water partition coefficient (Wildman–Crippen LogP) is 2.15. The zero-order chi connectivity index (χ0) is 12.9. The average molecular weight is 236 g/mol. The molecule has 1 rings (SSSR count). The molecule has 0 aliphatic rings. The molecule has 0 spiro atoms. The third-order valence-corrected chi connectivity index (χ3v) is 2.35. The second-order valence-electron chi connectivity index (χ2n) is 4.77. The lowest BCUT2D eigenvalue weighted by molar-refractivity contribution is -0.116. The van der Waals surface area contributed by atoms with E-state index >= 15 is 0 Å². The second kappa shape index (κ2) is 5.68. The molecule has 0 unspecified atom stereocenters. The van der Waals surface area contributed by atoms with E-state index in [-0.39, 0.29) is 11.4 Å². The predicted molar refractivity (Wildman–Crippen MR) is 69.1 cm³/mol. The maximum atomic E-state index is 11.7. The fourth-order valence-corrected chi connectivity index (χ4v) is 1.36. The minimum atomic E-state index is -0.314. The highest BCUT2D eigenvalue weighted by Crippen LogP contribution is 2.17. The Bertz CT molecular complexity index is 383. The van der Waals surface area contributed by atoms with Crippen LogP contribution in [0.4, 0.5) is 5.69 Å². The summed E-state index contributed by atoms with van der Waals surface area (Å²) in [5.41, 5.74) is 6.25. The molecule has 1 aromatic rings. The van der Waals surface area contributed by atoms with Crippen molar-refractivity contribution in [3.63, 3.8) is 0 Å². The Kier molecular flexibility index (Phi) is 4.52. The summed E-state index contributed by atoms with van der Waals surface area (Å²) in [6.07, 6.45) is 1.07. The van der Waals surface area contributed by atoms with E-state index in [2.05, 4.69) is 5.32 Å². The molecule has 94 valence electrons. The molecule has 17 heavy (non-hydrogen) atoms. The fraction of sp³-hybridized carbons (Fsp3) is 0.462. The van der Waals surface area contributed by atoms with Crippen LogP contribution in [0.1, 0.15) is 26.7 Å². The van der Waals surface area contributed by atoms with Crippen LogP contribution >= 0.6 is 0 Å². The average Bonchev–Trinajstić information content (AvgIpc) is 2.26. The molecule has 1 aromatic carbocycles. The zero-order valence-electron chi connectivity index (χ0n) is 10.6. The van der Waals surface area contributed by atoms with Gasteiger partial charge in [-0.25, -0.2) is 0 Å². The summed E-state index contributed by atoms with van der Waals surface area (Å²) in [6, 6.07) is 7.28. The van der Waals surface area contributed by atoms with Crippen LogP contribution in [0, 0.1) is 0 Å². The number of carbonyl (C=O) groups is 1. The molecule has 3 N–H and O–H groups in total. The van der Waals surface area contributed by atoms with E-state index in [1.54, 1.807) is 13.2 Å². The number of methoxy groups -OCH3 is 1. The van der Waals surface area contributed by atoms with Gasteiger partial charge in [-0.05, 0) is 32.4 Å². The number of carbonyl (C=O) groups excluding carboxylic acids is 1. The molecule has 0 atom stereocenters. The van der Waals surface area contributed by atoms with E-state index in [1.807, 2.05) is 32.0 Å². The number of hydrogen-bond donors (Lipinski definition) is 2. The standard InChI is InChI=1S/C13H20N2O2/c1-13(2,14)8-7-12(16)15-10-5-4-6-11(9-10)17-3/h4-6,9H,7-8,14H2,1-3H3,(H,15,16). The molecule has 4 heteroatoms. The fourth-order valence-electron chi connectivity index (χ4n) is 1.36. The highest BCUT2D eigenvalue weighted by atomic mass is 16.5. The van der Waals surface area contributed by atoms with E-state index in [0.717, 1.165) is 11.4 Å². The number of nitrogens with one attached hydrogen (secondary N) is 1. The van der Waals surface area contributed by atoms with Crippen molar-refractivity contribution in [2.24, 2.45) is 5.73 Å². The molecule has 0 saturated heterocycles. The first-order chi connectivity index (χ1) is 7.90. The van der Waals surface area contributed by atoms with Crippen molar-refractivity contribution in [2.75, 3.05) is 12.4 Å². The maximum Gasteiger partial charge on any atom is 0.224 e. The number of rotatable bonds is 5. The molecule has 0 radical (unpaired) electrons. The van der Waals surface area contributed by atoms with Gasteiger partial charge >= 0.3 is 0 Å². The van der Waals surface area contributed by atoms with Crippen molar-refractivity contribution in [3.05, 3.63) is 24.3 Å². The molecule has 0 heterocycles. The summed E-state index contributed by atoms with van der Waals surface area (Å²) < 4.78 is 5.08. The molecule has 0 aliphatic heterocycles. The zero-order valence-corrected chi connectivity index (χ0v) is 10.6. The van der Waals surface area contributed by atoms with Gasteiger partial charge in [0.2, 0.25) is 5.91 Å². The summed E-state index contributed by atoms with van der Waals surface area (Å²) in [5.74, 6) is 0.693. The van der Waals surface area contributed by atoms with E-state index in [1.165, 1.54) is 0 Å². The van der Waals surface area contributed by atoms with Crippen molar-refractivity contribution >= 4 is 11.6 Å². The van der Waals surface area contributed by atoms with Gasteiger partial charge < -0.3 is 15.8 Å². The van der Waals surface area contributed by atoms with E-state index < -0.39 is 0 Å². The van der Waals surface area contributed by atoms with Gasteiger partial charge in [-0.2, -0.15) is 0 Å². The van der Waals surface area contributed by atoms with Crippen LogP contribution in [0.15, 0.2) is 24.3 Å². The number of ether oxygens (including phenoxy) is 1. The topological polar surface area (TPSA) is 64.3 Å². The molecular weight excluding hydrogens is 216 g/mol. The lowest BCUT2D eigenvalue weighted by Crippen LogP contribution is -2.33. The molecule has 0 aromatic heterocycles. The van der Waals surface area contributed by atoms with E-state index in [0.29, 0.717) is 12.8 Å². The monoisotopic (exact) mass is 236 g/mol. The largest absolute Gasteiger partial charge is 0.497 e. The van der Waals surface area contributed by atoms with Crippen LogP contribution in [0.2, 0.25) is 0 Å². The molecule has 0 bridgehead atoms. The Hall–Kier alpha value is -1.55. The summed E-state index contributed by atoms with van der Waals surface area (Å²) in [7, 11) is 1.60. The molecular formula is C13H20N2O2. The highest BCUT2D eigenvalue weighted by molar-refractivity contribution is 5.90. The van der Waals surface area contributed by atoms with Crippen molar-refractivity contribution in [2.45, 2.75) is 32.2 Å². The smallest absolute Gasteiger partial charge is 0.224 e. The van der Waals surface area contributed by atoms with E-state index in [9.17, 15) is 4.79 Å². The van der Waals surface area contributed by atoms with Crippen molar-refractivity contribution < 1.29 is 9.53 Å². The Morgan fingerprint density at radius 3 is 2.76 bits per heavy atom. The van der Waals surface area contributed by atoms with Crippen molar-refractivity contribution in [1.82, 2.24) is 0 Å². The second-order valence-corrected chi connectivity index (χ2v) is 4.77. The van der Waals surface area contributed by atoms with Crippen LogP contribution in [0.25, 0.3) is 0 Å². The van der Waals surface area contributed by atoms with Gasteiger partial charge in [-0.15, -0.1) is 0 Å². The lowest BCUT2D eigenvalue weighted by atomic mass is 10.00. The van der Waals surface area contributed by atoms with Crippen LogP contribution in [0.5, 0.6) is 5.75 Å². The van der Waals surface area contributed by atoms with Gasteiger partial charge in [0.15, 0.2) is 0 Å². The normalized spacial score (nSPS) is 11.1. The van der Waals surface area contributed by atoms with Gasteiger partial charge in [-0.3, -0.25) is 4.79 Å². The lowest BCUT2D eigenvalue weighted by Gasteiger charge is -2.17. The molecule has 0 aliphatic carbocycles. The van der Waals surface area contributed by atoms with E-state index in [4.69, 9.17) is 10.5 Å². The van der Waals surface area contributed by atoms with Gasteiger partial charge in [-0.1, -0.05) is 6.07 Å². The Morgan fingerprint density at radius 2 is 2.18 bits per heavy atom. The summed E-state index contributed by atoms with van der Waals surface area (Å²) in [6.45, 7) is 3.82. The van der Waals surface area contributed by atoms with Crippen LogP contribution in [-0.4, -0.2) is 18.6 Å². The Morgan fingerprint density at radius 1 is 1.47 bits per heavy atom. The Balaban J connectivity index is 2.50.